The molecule has 3 heterocycles. The van der Waals surface area contributed by atoms with E-state index in [9.17, 15) is 4.79 Å². The highest BCUT2D eigenvalue weighted by atomic mass is 16.6. The standard InChI is InChI=1S/C19H29N3O4/c1-4-6-10-24-16-12-25-17(19(16,3)26-11-7-5-2)14-8-9-15-18(23)20-13-21-22(14)15/h8-9,13,16-17H,4-7,10-12H2,1-3H3,(H,20,21,23)/t16-,17+,19-/m1/s1. The van der Waals surface area contributed by atoms with E-state index in [2.05, 4.69) is 23.9 Å². The lowest BCUT2D eigenvalue weighted by Crippen LogP contribution is -2.45. The maximum absolute atomic E-state index is 12.0. The van der Waals surface area contributed by atoms with E-state index in [0.717, 1.165) is 31.4 Å². The fourth-order valence-corrected chi connectivity index (χ4v) is 3.41. The van der Waals surface area contributed by atoms with Crippen LogP contribution in [0.1, 0.15) is 58.3 Å². The number of nitrogens with zero attached hydrogens (tertiary/aromatic N) is 2. The largest absolute Gasteiger partial charge is 0.373 e. The number of unbranched alkanes of at least 4 members (excludes halogenated alkanes) is 2. The molecule has 1 saturated heterocycles. The van der Waals surface area contributed by atoms with Gasteiger partial charge in [-0.2, -0.15) is 5.10 Å². The van der Waals surface area contributed by atoms with Gasteiger partial charge in [-0.3, -0.25) is 4.79 Å². The van der Waals surface area contributed by atoms with Gasteiger partial charge in [-0.1, -0.05) is 26.7 Å². The Hall–Kier alpha value is -1.70. The first kappa shape index (κ1) is 19.1. The molecular weight excluding hydrogens is 334 g/mol. The summed E-state index contributed by atoms with van der Waals surface area (Å²) in [6.07, 6.45) is 5.05. The summed E-state index contributed by atoms with van der Waals surface area (Å²) >= 11 is 0. The minimum absolute atomic E-state index is 0.150. The van der Waals surface area contributed by atoms with E-state index in [1.807, 2.05) is 13.0 Å². The Morgan fingerprint density at radius 1 is 1.31 bits per heavy atom. The number of aromatic amines is 1. The molecule has 3 atom stereocenters. The van der Waals surface area contributed by atoms with Crippen LogP contribution in [0.2, 0.25) is 0 Å². The van der Waals surface area contributed by atoms with Gasteiger partial charge in [-0.15, -0.1) is 0 Å². The Balaban J connectivity index is 1.90. The summed E-state index contributed by atoms with van der Waals surface area (Å²) in [7, 11) is 0. The minimum atomic E-state index is -0.624. The van der Waals surface area contributed by atoms with Crippen LogP contribution in [0.4, 0.5) is 0 Å². The van der Waals surface area contributed by atoms with Gasteiger partial charge in [0.1, 0.15) is 29.7 Å². The quantitative estimate of drug-likeness (QED) is 0.693. The van der Waals surface area contributed by atoms with E-state index in [1.54, 1.807) is 10.6 Å². The van der Waals surface area contributed by atoms with Crippen LogP contribution in [0.5, 0.6) is 0 Å². The van der Waals surface area contributed by atoms with Crippen molar-refractivity contribution >= 4 is 5.52 Å². The molecule has 0 unspecified atom stereocenters. The number of hydrogen-bond acceptors (Lipinski definition) is 5. The number of rotatable bonds is 9. The summed E-state index contributed by atoms with van der Waals surface area (Å²) < 4.78 is 20.2. The first-order chi connectivity index (χ1) is 12.6. The third kappa shape index (κ3) is 3.56. The summed E-state index contributed by atoms with van der Waals surface area (Å²) in [5.74, 6) is 0. The first-order valence-corrected chi connectivity index (χ1v) is 9.54. The van der Waals surface area contributed by atoms with Crippen molar-refractivity contribution in [1.29, 1.82) is 0 Å². The van der Waals surface area contributed by atoms with Gasteiger partial charge >= 0.3 is 0 Å². The Kier molecular flexibility index (Phi) is 6.11. The van der Waals surface area contributed by atoms with E-state index in [4.69, 9.17) is 14.2 Å². The molecule has 2 aromatic heterocycles. The number of aromatic nitrogens is 3. The van der Waals surface area contributed by atoms with Gasteiger partial charge in [-0.05, 0) is 31.9 Å². The van der Waals surface area contributed by atoms with Crippen molar-refractivity contribution in [2.75, 3.05) is 19.8 Å². The highest BCUT2D eigenvalue weighted by molar-refractivity contribution is 5.46. The third-order valence-electron chi connectivity index (χ3n) is 5.06. The predicted octanol–water partition coefficient (Wildman–Crippen LogP) is 2.85. The highest BCUT2D eigenvalue weighted by Gasteiger charge is 2.51. The van der Waals surface area contributed by atoms with Crippen molar-refractivity contribution in [3.05, 3.63) is 34.5 Å². The van der Waals surface area contributed by atoms with Crippen LogP contribution in [0.15, 0.2) is 23.3 Å². The number of H-pyrrole nitrogens is 1. The topological polar surface area (TPSA) is 77.9 Å². The van der Waals surface area contributed by atoms with Crippen molar-refractivity contribution in [3.63, 3.8) is 0 Å². The molecule has 0 aromatic carbocycles. The number of hydrogen-bond donors (Lipinski definition) is 1. The summed E-state index contributed by atoms with van der Waals surface area (Å²) in [6, 6.07) is 3.65. The molecule has 1 aliphatic rings. The lowest BCUT2D eigenvalue weighted by Gasteiger charge is -2.34. The number of ether oxygens (including phenoxy) is 3. The second-order valence-corrected chi connectivity index (χ2v) is 6.99. The lowest BCUT2D eigenvalue weighted by molar-refractivity contribution is -0.135. The Morgan fingerprint density at radius 3 is 2.85 bits per heavy atom. The Morgan fingerprint density at radius 2 is 2.08 bits per heavy atom. The van der Waals surface area contributed by atoms with Crippen LogP contribution in [0, 0.1) is 0 Å². The van der Waals surface area contributed by atoms with Crippen LogP contribution >= 0.6 is 0 Å². The zero-order valence-corrected chi connectivity index (χ0v) is 15.9. The molecule has 0 spiro atoms. The molecule has 0 bridgehead atoms. The first-order valence-electron chi connectivity index (χ1n) is 9.54. The molecule has 1 aliphatic heterocycles. The highest BCUT2D eigenvalue weighted by Crippen LogP contribution is 2.42. The molecular formula is C19H29N3O4. The summed E-state index contributed by atoms with van der Waals surface area (Å²) in [5.41, 5.74) is 0.513. The fourth-order valence-electron chi connectivity index (χ4n) is 3.41. The molecule has 7 nitrogen and oxygen atoms in total. The summed E-state index contributed by atoms with van der Waals surface area (Å²) in [6.45, 7) is 8.13. The van der Waals surface area contributed by atoms with Crippen molar-refractivity contribution in [2.45, 2.75) is 64.3 Å². The predicted molar refractivity (Wildman–Crippen MR) is 98.4 cm³/mol. The Bertz CT molecular complexity index is 771. The molecule has 0 amide bonds. The lowest BCUT2D eigenvalue weighted by atomic mass is 9.92. The molecule has 1 N–H and O–H groups in total. The van der Waals surface area contributed by atoms with Gasteiger partial charge < -0.3 is 19.2 Å². The van der Waals surface area contributed by atoms with Crippen molar-refractivity contribution in [2.24, 2.45) is 0 Å². The van der Waals surface area contributed by atoms with Crippen LogP contribution < -0.4 is 5.56 Å². The van der Waals surface area contributed by atoms with Crippen molar-refractivity contribution in [3.8, 4) is 0 Å². The molecule has 26 heavy (non-hydrogen) atoms. The molecule has 3 rings (SSSR count). The monoisotopic (exact) mass is 363 g/mol. The number of nitrogens with one attached hydrogen (secondary N) is 1. The van der Waals surface area contributed by atoms with E-state index in [1.165, 1.54) is 6.33 Å². The summed E-state index contributed by atoms with van der Waals surface area (Å²) in [5, 5.41) is 4.29. The molecule has 0 saturated carbocycles. The molecule has 0 aliphatic carbocycles. The van der Waals surface area contributed by atoms with Gasteiger partial charge in [0.05, 0.1) is 12.3 Å². The fraction of sp³-hybridized carbons (Fsp3) is 0.684. The van der Waals surface area contributed by atoms with Gasteiger partial charge in [0.25, 0.3) is 5.56 Å². The molecule has 2 aromatic rings. The van der Waals surface area contributed by atoms with Crippen LogP contribution in [-0.2, 0) is 14.2 Å². The summed E-state index contributed by atoms with van der Waals surface area (Å²) in [4.78, 5) is 14.6. The van der Waals surface area contributed by atoms with Gasteiger partial charge in [0, 0.05) is 13.2 Å². The second-order valence-electron chi connectivity index (χ2n) is 6.99. The van der Waals surface area contributed by atoms with Crippen LogP contribution in [-0.4, -0.2) is 46.1 Å². The van der Waals surface area contributed by atoms with Crippen molar-refractivity contribution < 1.29 is 14.2 Å². The average Bonchev–Trinajstić information content (AvgIpc) is 3.18. The van der Waals surface area contributed by atoms with Crippen molar-refractivity contribution in [1.82, 2.24) is 14.6 Å². The van der Waals surface area contributed by atoms with E-state index >= 15 is 0 Å². The second kappa shape index (κ2) is 8.33. The molecule has 0 radical (unpaired) electrons. The molecule has 1 fully saturated rings. The smallest absolute Gasteiger partial charge is 0.275 e. The van der Waals surface area contributed by atoms with E-state index in [0.29, 0.717) is 25.3 Å². The minimum Gasteiger partial charge on any atom is -0.373 e. The van der Waals surface area contributed by atoms with E-state index < -0.39 is 5.60 Å². The molecule has 144 valence electrons. The normalized spacial score (nSPS) is 26.0. The zero-order valence-electron chi connectivity index (χ0n) is 15.9. The number of fused-ring (bicyclic) bond motifs is 1. The van der Waals surface area contributed by atoms with Gasteiger partial charge in [0.15, 0.2) is 0 Å². The van der Waals surface area contributed by atoms with Gasteiger partial charge in [-0.25, -0.2) is 4.52 Å². The Labute approximate surface area is 153 Å². The van der Waals surface area contributed by atoms with E-state index in [-0.39, 0.29) is 17.8 Å². The molecule has 7 heteroatoms. The van der Waals surface area contributed by atoms with Crippen LogP contribution in [0.25, 0.3) is 5.52 Å². The average molecular weight is 363 g/mol. The maximum atomic E-state index is 12.0. The third-order valence-corrected chi connectivity index (χ3v) is 5.06. The SMILES string of the molecule is CCCCO[C@@H]1CO[C@@H](c2ccc3c(=O)[nH]cnn23)[C@]1(C)OCCCC. The van der Waals surface area contributed by atoms with Crippen LogP contribution in [0.3, 0.4) is 0 Å². The maximum Gasteiger partial charge on any atom is 0.275 e. The zero-order chi connectivity index (χ0) is 18.6. The van der Waals surface area contributed by atoms with Gasteiger partial charge in [0.2, 0.25) is 0 Å².